The van der Waals surface area contributed by atoms with E-state index < -0.39 is 0 Å². The number of rotatable bonds is 7. The summed E-state index contributed by atoms with van der Waals surface area (Å²) in [5.74, 6) is 2.09. The Kier molecular flexibility index (Phi) is 6.20. The van der Waals surface area contributed by atoms with Crippen LogP contribution in [0.4, 0.5) is 0 Å². The van der Waals surface area contributed by atoms with E-state index in [2.05, 4.69) is 47.0 Å². The van der Waals surface area contributed by atoms with Crippen LogP contribution in [0.25, 0.3) is 20.7 Å². The summed E-state index contributed by atoms with van der Waals surface area (Å²) in [6, 6.07) is 14.1. The molecule has 4 aromatic rings. The van der Waals surface area contributed by atoms with Crippen molar-refractivity contribution >= 4 is 33.3 Å². The summed E-state index contributed by atoms with van der Waals surface area (Å²) in [7, 11) is 0. The van der Waals surface area contributed by atoms with Gasteiger partial charge in [0.2, 0.25) is 5.43 Å². The molecule has 1 N–H and O–H groups in total. The molecule has 0 aliphatic carbocycles. The zero-order chi connectivity index (χ0) is 21.1. The number of hydrogen-bond donors (Lipinski definition) is 1. The number of thiophene rings is 1. The van der Waals surface area contributed by atoms with Crippen molar-refractivity contribution in [3.63, 3.8) is 0 Å². The molecule has 1 aromatic carbocycles. The minimum atomic E-state index is -0.101. The van der Waals surface area contributed by atoms with E-state index >= 15 is 0 Å². The summed E-state index contributed by atoms with van der Waals surface area (Å²) < 4.78 is 5.56. The summed E-state index contributed by atoms with van der Waals surface area (Å²) in [6.45, 7) is 6.54. The third kappa shape index (κ3) is 4.74. The molecule has 3 heterocycles. The van der Waals surface area contributed by atoms with Crippen LogP contribution in [-0.4, -0.2) is 21.6 Å². The molecule has 154 valence electrons. The molecule has 30 heavy (non-hydrogen) atoms. The molecule has 5 nitrogen and oxygen atoms in total. The van der Waals surface area contributed by atoms with E-state index in [4.69, 9.17) is 4.74 Å². The van der Waals surface area contributed by atoms with Gasteiger partial charge in [0.15, 0.2) is 5.75 Å². The Balaban J connectivity index is 1.56. The van der Waals surface area contributed by atoms with E-state index in [0.29, 0.717) is 24.0 Å². The van der Waals surface area contributed by atoms with Crippen molar-refractivity contribution < 1.29 is 4.74 Å². The Labute approximate surface area is 183 Å². The number of aromatic amines is 1. The van der Waals surface area contributed by atoms with Gasteiger partial charge in [-0.15, -0.1) is 11.3 Å². The highest BCUT2D eigenvalue weighted by Gasteiger charge is 2.13. The van der Waals surface area contributed by atoms with Gasteiger partial charge in [-0.05, 0) is 24.5 Å². The lowest BCUT2D eigenvalue weighted by Crippen LogP contribution is -2.13. The van der Waals surface area contributed by atoms with Crippen LogP contribution in [0.3, 0.4) is 0 Å². The average Bonchev–Trinajstić information content (AvgIpc) is 3.16. The Hall–Kier alpha value is -2.64. The zero-order valence-electron chi connectivity index (χ0n) is 17.1. The van der Waals surface area contributed by atoms with Gasteiger partial charge in [0.05, 0.1) is 6.61 Å². The highest BCUT2D eigenvalue weighted by molar-refractivity contribution is 7.98. The Morgan fingerprint density at radius 1 is 1.17 bits per heavy atom. The minimum absolute atomic E-state index is 0.101. The maximum absolute atomic E-state index is 12.3. The Morgan fingerprint density at radius 2 is 1.97 bits per heavy atom. The number of thioether (sulfide) groups is 1. The molecule has 0 saturated heterocycles. The second kappa shape index (κ2) is 9.02. The molecule has 0 saturated carbocycles. The lowest BCUT2D eigenvalue weighted by molar-refractivity contribution is 0.268. The number of benzene rings is 1. The summed E-state index contributed by atoms with van der Waals surface area (Å²) in [6.07, 6.45) is 1.65. The third-order valence-corrected chi connectivity index (χ3v) is 6.52. The number of hydrogen-bond acceptors (Lipinski definition) is 6. The predicted molar refractivity (Wildman–Crippen MR) is 125 cm³/mol. The van der Waals surface area contributed by atoms with Crippen molar-refractivity contribution in [3.8, 4) is 16.2 Å². The largest absolute Gasteiger partial charge is 0.488 e. The molecule has 0 atom stereocenters. The number of H-pyrrole nitrogens is 1. The van der Waals surface area contributed by atoms with E-state index in [9.17, 15) is 4.79 Å². The standard InChI is InChI=1S/C23H23N3O2S2/c1-14(2)12-28-20-11-24-17(9-19(20)27)13-29-22-18-10-21(16-7-5-4-6-8-16)30-23(18)26-15(3)25-22/h4-11,14H,12-13H2,1-3H3,(H,24,27). The molecule has 7 heteroatoms. The number of nitrogens with one attached hydrogen (secondary N) is 1. The Morgan fingerprint density at radius 3 is 2.70 bits per heavy atom. The van der Waals surface area contributed by atoms with E-state index in [-0.39, 0.29) is 5.43 Å². The van der Waals surface area contributed by atoms with Crippen LogP contribution in [0.5, 0.6) is 5.75 Å². The van der Waals surface area contributed by atoms with Gasteiger partial charge in [0.25, 0.3) is 0 Å². The van der Waals surface area contributed by atoms with Crippen LogP contribution >= 0.6 is 23.1 Å². The molecule has 0 radical (unpaired) electrons. The topological polar surface area (TPSA) is 67.9 Å². The highest BCUT2D eigenvalue weighted by atomic mass is 32.2. The molecule has 0 spiro atoms. The summed E-state index contributed by atoms with van der Waals surface area (Å²) >= 11 is 3.28. The first kappa shape index (κ1) is 20.6. The molecule has 0 unspecified atom stereocenters. The second-order valence-electron chi connectivity index (χ2n) is 7.45. The van der Waals surface area contributed by atoms with Crippen molar-refractivity contribution in [2.45, 2.75) is 31.6 Å². The van der Waals surface area contributed by atoms with Crippen LogP contribution in [0.15, 0.2) is 58.5 Å². The number of fused-ring (bicyclic) bond motifs is 1. The number of ether oxygens (including phenoxy) is 1. The van der Waals surface area contributed by atoms with Gasteiger partial charge in [0, 0.05) is 34.0 Å². The molecular weight excluding hydrogens is 414 g/mol. The van der Waals surface area contributed by atoms with Crippen LogP contribution in [0.1, 0.15) is 25.4 Å². The molecule has 3 aromatic heterocycles. The summed E-state index contributed by atoms with van der Waals surface area (Å²) in [5.41, 5.74) is 1.91. The van der Waals surface area contributed by atoms with Crippen LogP contribution < -0.4 is 10.2 Å². The lowest BCUT2D eigenvalue weighted by Gasteiger charge is -2.09. The fourth-order valence-corrected chi connectivity index (χ4v) is 5.06. The third-order valence-electron chi connectivity index (χ3n) is 4.40. The first-order valence-corrected chi connectivity index (χ1v) is 11.6. The predicted octanol–water partition coefficient (Wildman–Crippen LogP) is 5.68. The van der Waals surface area contributed by atoms with Crippen molar-refractivity contribution in [2.24, 2.45) is 5.92 Å². The number of nitrogens with zero attached hydrogens (tertiary/aromatic N) is 2. The van der Waals surface area contributed by atoms with Crippen LogP contribution in [-0.2, 0) is 5.75 Å². The quantitative estimate of drug-likeness (QED) is 0.297. The molecule has 0 aliphatic heterocycles. The fraction of sp³-hybridized carbons (Fsp3) is 0.261. The van der Waals surface area contributed by atoms with Crippen molar-refractivity contribution in [3.05, 3.63) is 70.4 Å². The van der Waals surface area contributed by atoms with Gasteiger partial charge in [-0.25, -0.2) is 9.97 Å². The summed E-state index contributed by atoms with van der Waals surface area (Å²) in [4.78, 5) is 26.9. The molecule has 0 fully saturated rings. The molecule has 0 aliphatic rings. The second-order valence-corrected chi connectivity index (χ2v) is 9.45. The lowest BCUT2D eigenvalue weighted by atomic mass is 10.2. The molecule has 0 amide bonds. The van der Waals surface area contributed by atoms with Crippen molar-refractivity contribution in [1.29, 1.82) is 0 Å². The first-order chi connectivity index (χ1) is 14.5. The van der Waals surface area contributed by atoms with Crippen molar-refractivity contribution in [1.82, 2.24) is 15.0 Å². The van der Waals surface area contributed by atoms with Crippen LogP contribution in [0, 0.1) is 12.8 Å². The molecule has 0 bridgehead atoms. The molecule has 4 rings (SSSR count). The smallest absolute Gasteiger partial charge is 0.223 e. The number of aryl methyl sites for hydroxylation is 1. The SMILES string of the molecule is Cc1nc(SCc2cc(=O)c(OCC(C)C)c[nH]2)c2cc(-c3ccccc3)sc2n1. The normalized spacial score (nSPS) is 11.3. The van der Waals surface area contributed by atoms with E-state index in [1.807, 2.05) is 25.1 Å². The zero-order valence-corrected chi connectivity index (χ0v) is 18.8. The Bertz CT molecular complexity index is 1220. The van der Waals surface area contributed by atoms with Gasteiger partial charge >= 0.3 is 0 Å². The van der Waals surface area contributed by atoms with Gasteiger partial charge in [-0.3, -0.25) is 4.79 Å². The highest BCUT2D eigenvalue weighted by Crippen LogP contribution is 2.37. The monoisotopic (exact) mass is 437 g/mol. The van der Waals surface area contributed by atoms with Crippen LogP contribution in [0.2, 0.25) is 0 Å². The minimum Gasteiger partial charge on any atom is -0.488 e. The van der Waals surface area contributed by atoms with E-state index in [0.717, 1.165) is 26.8 Å². The number of pyridine rings is 1. The van der Waals surface area contributed by atoms with Gasteiger partial charge in [0.1, 0.15) is 15.7 Å². The van der Waals surface area contributed by atoms with Gasteiger partial charge in [-0.1, -0.05) is 55.9 Å². The van der Waals surface area contributed by atoms with E-state index in [1.54, 1.807) is 35.4 Å². The van der Waals surface area contributed by atoms with Gasteiger partial charge < -0.3 is 9.72 Å². The maximum atomic E-state index is 12.3. The fourth-order valence-electron chi connectivity index (χ4n) is 2.95. The first-order valence-electron chi connectivity index (χ1n) is 9.80. The van der Waals surface area contributed by atoms with E-state index in [1.165, 1.54) is 10.4 Å². The maximum Gasteiger partial charge on any atom is 0.223 e. The van der Waals surface area contributed by atoms with Crippen molar-refractivity contribution in [2.75, 3.05) is 6.61 Å². The summed E-state index contributed by atoms with van der Waals surface area (Å²) in [5, 5.41) is 1.98. The average molecular weight is 438 g/mol. The van der Waals surface area contributed by atoms with Gasteiger partial charge in [-0.2, -0.15) is 0 Å². The molecular formula is C23H23N3O2S2. The number of aromatic nitrogens is 3.